The average molecular weight is 517 g/mol. The Balaban J connectivity index is 1.82. The monoisotopic (exact) mass is 516 g/mol. The lowest BCUT2D eigenvalue weighted by molar-refractivity contribution is -0.137. The van der Waals surface area contributed by atoms with Crippen molar-refractivity contribution in [2.24, 2.45) is 0 Å². The van der Waals surface area contributed by atoms with E-state index in [-0.39, 0.29) is 15.6 Å². The summed E-state index contributed by atoms with van der Waals surface area (Å²) >= 11 is 4.01. The summed E-state index contributed by atoms with van der Waals surface area (Å²) in [5, 5.41) is 0.673. The van der Waals surface area contributed by atoms with Gasteiger partial charge in [-0.1, -0.05) is 28.1 Å². The van der Waals surface area contributed by atoms with Gasteiger partial charge in [0, 0.05) is 45.7 Å². The third-order valence-corrected chi connectivity index (χ3v) is 7.60. The first-order chi connectivity index (χ1) is 14.1. The lowest BCUT2D eigenvalue weighted by Crippen LogP contribution is -2.26. The Morgan fingerprint density at radius 2 is 1.90 bits per heavy atom. The smallest absolute Gasteiger partial charge is 0.361 e. The van der Waals surface area contributed by atoms with Crippen LogP contribution in [0.3, 0.4) is 0 Å². The third-order valence-electron chi connectivity index (χ3n) is 4.51. The van der Waals surface area contributed by atoms with Crippen LogP contribution < -0.4 is 4.31 Å². The highest BCUT2D eigenvalue weighted by molar-refractivity contribution is 9.10. The molecule has 0 radical (unpaired) electrons. The third kappa shape index (κ3) is 3.59. The summed E-state index contributed by atoms with van der Waals surface area (Å²) in [6.45, 7) is 0. The van der Waals surface area contributed by atoms with Crippen LogP contribution in [0.15, 0.2) is 58.3 Å². The molecular weight excluding hydrogens is 505 g/mol. The van der Waals surface area contributed by atoms with Gasteiger partial charge < -0.3 is 4.98 Å². The molecule has 156 valence electrons. The highest BCUT2D eigenvalue weighted by Gasteiger charge is 2.34. The number of benzene rings is 2. The van der Waals surface area contributed by atoms with Gasteiger partial charge in [0.25, 0.3) is 10.0 Å². The zero-order valence-corrected chi connectivity index (χ0v) is 18.3. The van der Waals surface area contributed by atoms with Crippen LogP contribution in [0.25, 0.3) is 22.0 Å². The first kappa shape index (κ1) is 20.8. The van der Waals surface area contributed by atoms with E-state index in [0.717, 1.165) is 21.9 Å². The number of hydrogen-bond donors (Lipinski definition) is 1. The van der Waals surface area contributed by atoms with E-state index in [1.165, 1.54) is 49.9 Å². The van der Waals surface area contributed by atoms with Crippen LogP contribution in [0.5, 0.6) is 0 Å². The Bertz CT molecular complexity index is 1340. The summed E-state index contributed by atoms with van der Waals surface area (Å²) in [6, 6.07) is 8.16. The molecule has 12 heteroatoms. The van der Waals surface area contributed by atoms with Crippen LogP contribution in [-0.2, 0) is 16.2 Å². The predicted molar refractivity (Wildman–Crippen MR) is 112 cm³/mol. The molecule has 2 aromatic carbocycles. The standard InChI is InChI=1S/C18H12BrF3N4O2S2/c1-26(17-24-9-25-29-17)30(27,28)11-3-5-13-14(8-23-16(13)7-11)12-4-2-10(19)6-15(12)18(20,21)22/h2-9,23H,1H3. The number of H-pyrrole nitrogens is 1. The predicted octanol–water partition coefficient (Wildman–Crippen LogP) is 5.29. The minimum Gasteiger partial charge on any atom is -0.361 e. The largest absolute Gasteiger partial charge is 0.417 e. The summed E-state index contributed by atoms with van der Waals surface area (Å²) in [7, 11) is -2.55. The second-order valence-corrected chi connectivity index (χ2v) is 9.94. The van der Waals surface area contributed by atoms with Gasteiger partial charge in [-0.15, -0.1) is 0 Å². The molecule has 0 saturated heterocycles. The van der Waals surface area contributed by atoms with Gasteiger partial charge in [0.05, 0.1) is 10.5 Å². The number of hydrogen-bond acceptors (Lipinski definition) is 5. The average Bonchev–Trinajstić information content (AvgIpc) is 3.36. The van der Waals surface area contributed by atoms with Crippen molar-refractivity contribution in [3.05, 3.63) is 59.0 Å². The molecule has 30 heavy (non-hydrogen) atoms. The second-order valence-electron chi connectivity index (χ2n) is 6.29. The fourth-order valence-electron chi connectivity index (χ4n) is 3.04. The minimum absolute atomic E-state index is 0.00136. The number of sulfonamides is 1. The second kappa shape index (κ2) is 7.36. The summed E-state index contributed by atoms with van der Waals surface area (Å²) in [6.07, 6.45) is -1.85. The van der Waals surface area contributed by atoms with Crippen LogP contribution >= 0.6 is 27.5 Å². The SMILES string of the molecule is CN(c1ncns1)S(=O)(=O)c1ccc2c(-c3ccc(Br)cc3C(F)(F)F)c[nH]c2c1. The molecule has 0 saturated carbocycles. The maximum absolute atomic E-state index is 13.5. The number of halogens is 4. The van der Waals surface area contributed by atoms with Crippen LogP contribution in [0, 0.1) is 0 Å². The molecule has 4 aromatic rings. The van der Waals surface area contributed by atoms with Crippen LogP contribution in [0.2, 0.25) is 0 Å². The lowest BCUT2D eigenvalue weighted by Gasteiger charge is -2.16. The Morgan fingerprint density at radius 1 is 1.13 bits per heavy atom. The van der Waals surface area contributed by atoms with Gasteiger partial charge in [0.2, 0.25) is 5.13 Å². The summed E-state index contributed by atoms with van der Waals surface area (Å²) in [5.74, 6) is 0. The molecule has 0 bridgehead atoms. The van der Waals surface area contributed by atoms with Gasteiger partial charge in [0.1, 0.15) is 6.33 Å². The Morgan fingerprint density at radius 3 is 2.57 bits per heavy atom. The summed E-state index contributed by atoms with van der Waals surface area (Å²) in [4.78, 5) is 6.75. The van der Waals surface area contributed by atoms with Gasteiger partial charge in [-0.2, -0.15) is 17.5 Å². The van der Waals surface area contributed by atoms with Crippen LogP contribution in [0.4, 0.5) is 18.3 Å². The molecule has 4 rings (SSSR count). The minimum atomic E-state index is -4.55. The van der Waals surface area contributed by atoms with Crippen molar-refractivity contribution >= 4 is 53.5 Å². The van der Waals surface area contributed by atoms with Crippen molar-refractivity contribution in [2.75, 3.05) is 11.4 Å². The zero-order valence-electron chi connectivity index (χ0n) is 15.1. The van der Waals surface area contributed by atoms with Crippen LogP contribution in [0.1, 0.15) is 5.56 Å². The van der Waals surface area contributed by atoms with E-state index in [2.05, 4.69) is 30.3 Å². The number of nitrogens with one attached hydrogen (secondary N) is 1. The van der Waals surface area contributed by atoms with Gasteiger partial charge in [-0.3, -0.25) is 0 Å². The van der Waals surface area contributed by atoms with E-state index in [1.807, 2.05) is 0 Å². The molecule has 1 N–H and O–H groups in total. The molecular formula is C18H12BrF3N4O2S2. The van der Waals surface area contributed by atoms with Crippen molar-refractivity contribution in [2.45, 2.75) is 11.1 Å². The molecule has 0 unspecified atom stereocenters. The lowest BCUT2D eigenvalue weighted by atomic mass is 9.99. The maximum Gasteiger partial charge on any atom is 0.417 e. The molecule has 0 amide bonds. The normalized spacial score (nSPS) is 12.4. The van der Waals surface area contributed by atoms with Gasteiger partial charge in [0.15, 0.2) is 0 Å². The van der Waals surface area contributed by atoms with Crippen molar-refractivity contribution in [3.8, 4) is 11.1 Å². The number of rotatable bonds is 4. The van der Waals surface area contributed by atoms with E-state index in [4.69, 9.17) is 0 Å². The van der Waals surface area contributed by atoms with E-state index in [9.17, 15) is 21.6 Å². The number of aromatic nitrogens is 3. The molecule has 0 aliphatic rings. The summed E-state index contributed by atoms with van der Waals surface area (Å²) < 4.78 is 71.5. The topological polar surface area (TPSA) is 79.0 Å². The highest BCUT2D eigenvalue weighted by Crippen LogP contribution is 2.41. The van der Waals surface area contributed by atoms with Crippen LogP contribution in [-0.4, -0.2) is 29.8 Å². The van der Waals surface area contributed by atoms with Crippen molar-refractivity contribution in [1.82, 2.24) is 14.3 Å². The highest BCUT2D eigenvalue weighted by atomic mass is 79.9. The van der Waals surface area contributed by atoms with E-state index in [1.54, 1.807) is 0 Å². The van der Waals surface area contributed by atoms with Crippen molar-refractivity contribution < 1.29 is 21.6 Å². The first-order valence-corrected chi connectivity index (χ1v) is 11.3. The Labute approximate surface area is 181 Å². The van der Waals surface area contributed by atoms with E-state index < -0.39 is 21.8 Å². The van der Waals surface area contributed by atoms with Gasteiger partial charge >= 0.3 is 6.18 Å². The number of nitrogens with zero attached hydrogens (tertiary/aromatic N) is 3. The molecule has 0 fully saturated rings. The van der Waals surface area contributed by atoms with Crippen molar-refractivity contribution in [3.63, 3.8) is 0 Å². The fraction of sp³-hybridized carbons (Fsp3) is 0.111. The van der Waals surface area contributed by atoms with Gasteiger partial charge in [-0.25, -0.2) is 17.7 Å². The summed E-state index contributed by atoms with van der Waals surface area (Å²) in [5.41, 5.74) is -0.0666. The quantitative estimate of drug-likeness (QED) is 0.399. The maximum atomic E-state index is 13.5. The number of aromatic amines is 1. The van der Waals surface area contributed by atoms with E-state index in [0.29, 0.717) is 20.9 Å². The number of anilines is 1. The van der Waals surface area contributed by atoms with Gasteiger partial charge in [-0.05, 0) is 29.8 Å². The molecule has 0 atom stereocenters. The molecule has 2 aromatic heterocycles. The Kier molecular flexibility index (Phi) is 5.11. The molecule has 0 spiro atoms. The Hall–Kier alpha value is -2.44. The fourth-order valence-corrected chi connectivity index (χ4v) is 5.27. The first-order valence-electron chi connectivity index (χ1n) is 8.33. The van der Waals surface area contributed by atoms with Crippen molar-refractivity contribution in [1.29, 1.82) is 0 Å². The van der Waals surface area contributed by atoms with E-state index >= 15 is 0 Å². The molecule has 2 heterocycles. The molecule has 0 aliphatic carbocycles. The molecule has 6 nitrogen and oxygen atoms in total. The number of fused-ring (bicyclic) bond motifs is 1. The zero-order chi connectivity index (χ0) is 21.7. The molecule has 0 aliphatic heterocycles. The number of alkyl halides is 3.